The first-order valence-corrected chi connectivity index (χ1v) is 12.5. The summed E-state index contributed by atoms with van der Waals surface area (Å²) in [6, 6.07) is 6.27. The van der Waals surface area contributed by atoms with Gasteiger partial charge in [0.2, 0.25) is 0 Å². The van der Waals surface area contributed by atoms with E-state index in [1.165, 1.54) is 17.4 Å². The van der Waals surface area contributed by atoms with Gasteiger partial charge < -0.3 is 5.11 Å². The van der Waals surface area contributed by atoms with Gasteiger partial charge in [0.05, 0.1) is 11.7 Å². The van der Waals surface area contributed by atoms with E-state index in [0.29, 0.717) is 17.5 Å². The van der Waals surface area contributed by atoms with E-state index in [1.807, 2.05) is 18.2 Å². The lowest BCUT2D eigenvalue weighted by Gasteiger charge is -2.51. The van der Waals surface area contributed by atoms with Crippen LogP contribution >= 0.6 is 10.8 Å². The number of aromatic hydroxyl groups is 1. The summed E-state index contributed by atoms with van der Waals surface area (Å²) in [5.74, 6) is 1.41. The molecule has 0 bridgehead atoms. The molecule has 3 N–H and O–H groups in total. The minimum atomic E-state index is -3.06. The predicted molar refractivity (Wildman–Crippen MR) is 123 cm³/mol. The first-order valence-electron chi connectivity index (χ1n) is 11.0. The van der Waals surface area contributed by atoms with Crippen LogP contribution in [-0.4, -0.2) is 47.2 Å². The molecule has 1 aromatic heterocycles. The Hall–Kier alpha value is -2.13. The molecule has 166 valence electrons. The lowest BCUT2D eigenvalue weighted by molar-refractivity contribution is 0.119. The number of hydrogen-bond donors (Lipinski definition) is 3. The van der Waals surface area contributed by atoms with Crippen molar-refractivity contribution < 1.29 is 14.2 Å². The van der Waals surface area contributed by atoms with E-state index in [4.69, 9.17) is 0 Å². The topological polar surface area (TPSA) is 93.0 Å². The maximum Gasteiger partial charge on any atom is 0.166 e. The molecule has 3 heterocycles. The highest BCUT2D eigenvalue weighted by atomic mass is 32.3. The monoisotopic (exact) mass is 442 g/mol. The number of nitrogens with zero attached hydrogens (tertiary/aromatic N) is 4. The zero-order chi connectivity index (χ0) is 21.6. The number of aromatic nitrogens is 2. The van der Waals surface area contributed by atoms with Crippen LogP contribution in [-0.2, 0) is 6.54 Å². The van der Waals surface area contributed by atoms with E-state index < -0.39 is 16.3 Å². The summed E-state index contributed by atoms with van der Waals surface area (Å²) < 4.78 is 23.1. The van der Waals surface area contributed by atoms with Gasteiger partial charge in [0.1, 0.15) is 5.75 Å². The smallest absolute Gasteiger partial charge is 0.166 e. The summed E-state index contributed by atoms with van der Waals surface area (Å²) in [4.78, 5) is 10.9. The second kappa shape index (κ2) is 7.78. The second-order valence-corrected chi connectivity index (χ2v) is 10.9. The number of likely N-dealkylation sites (tertiary alicyclic amines) is 1. The number of hydrogen-bond acceptors (Lipinski definition) is 7. The molecular formula is C23H30N4O3S. The maximum atomic E-state index is 10.7. The highest BCUT2D eigenvalue weighted by molar-refractivity contribution is 8.28. The highest BCUT2D eigenvalue weighted by Crippen LogP contribution is 2.59. The number of anilines is 1. The summed E-state index contributed by atoms with van der Waals surface area (Å²) >= 11 is 0. The van der Waals surface area contributed by atoms with Crippen LogP contribution in [0.1, 0.15) is 56.1 Å². The molecule has 1 aromatic carbocycles. The average Bonchev–Trinajstić information content (AvgIpc) is 2.96. The fourth-order valence-corrected chi connectivity index (χ4v) is 6.92. The van der Waals surface area contributed by atoms with E-state index >= 15 is 0 Å². The van der Waals surface area contributed by atoms with Gasteiger partial charge in [0.15, 0.2) is 5.82 Å². The summed E-state index contributed by atoms with van der Waals surface area (Å²) in [7, 11) is -3.06. The van der Waals surface area contributed by atoms with Gasteiger partial charge in [-0.05, 0) is 61.8 Å². The molecule has 0 unspecified atom stereocenters. The first kappa shape index (κ1) is 20.8. The Morgan fingerprint density at radius 3 is 2.74 bits per heavy atom. The fraction of sp³-hybridized carbons (Fsp3) is 0.478. The molecule has 2 fully saturated rings. The lowest BCUT2D eigenvalue weighted by Crippen LogP contribution is -2.55. The Bertz CT molecular complexity index is 982. The third-order valence-electron chi connectivity index (χ3n) is 7.12. The van der Waals surface area contributed by atoms with Gasteiger partial charge >= 0.3 is 0 Å². The number of phenols is 1. The minimum Gasteiger partial charge on any atom is -0.508 e. The molecule has 7 nitrogen and oxygen atoms in total. The fourth-order valence-electron chi connectivity index (χ4n) is 5.23. The number of piperidine rings is 1. The van der Waals surface area contributed by atoms with E-state index in [2.05, 4.69) is 27.9 Å². The SMILES string of the molecule is C[C@H]1C[C@@]2(C=CS(O)(O)N2c2cnccn2)CCN1Cc1ccc(O)c(C2CCC2)c1. The molecule has 31 heavy (non-hydrogen) atoms. The molecule has 1 saturated heterocycles. The predicted octanol–water partition coefficient (Wildman–Crippen LogP) is 4.87. The number of rotatable bonds is 4. The van der Waals surface area contributed by atoms with Crippen molar-refractivity contribution in [2.45, 2.75) is 63.1 Å². The lowest BCUT2D eigenvalue weighted by atomic mass is 9.79. The Morgan fingerprint density at radius 2 is 2.06 bits per heavy atom. The Labute approximate surface area is 184 Å². The number of benzene rings is 1. The standard InChI is InChI=1S/C23H30N4O3S/c1-17-14-23(8-12-31(29,30)27(23)22-15-24-9-10-25-22)7-11-26(17)16-18-5-6-21(28)20(13-18)19-3-2-4-19/h5-6,8-10,12-13,15,17,19,28-30H,2-4,7,11,14,16H2,1H3/t17-,23-/m0/s1. The van der Waals surface area contributed by atoms with Crippen LogP contribution in [0.2, 0.25) is 0 Å². The van der Waals surface area contributed by atoms with Gasteiger partial charge in [-0.25, -0.2) is 9.29 Å². The van der Waals surface area contributed by atoms with Crippen LogP contribution in [0.25, 0.3) is 0 Å². The Kier molecular flexibility index (Phi) is 5.21. The van der Waals surface area contributed by atoms with Crippen LogP contribution in [0.3, 0.4) is 0 Å². The summed E-state index contributed by atoms with van der Waals surface area (Å²) in [6.45, 7) is 3.85. The molecule has 1 spiro atoms. The quantitative estimate of drug-likeness (QED) is 0.622. The van der Waals surface area contributed by atoms with Gasteiger partial charge in [-0.15, -0.1) is 0 Å². The zero-order valence-corrected chi connectivity index (χ0v) is 18.6. The molecule has 2 aliphatic heterocycles. The van der Waals surface area contributed by atoms with E-state index in [9.17, 15) is 14.2 Å². The van der Waals surface area contributed by atoms with Crippen molar-refractivity contribution in [3.05, 3.63) is 59.4 Å². The van der Waals surface area contributed by atoms with Crippen molar-refractivity contribution in [3.63, 3.8) is 0 Å². The van der Waals surface area contributed by atoms with Crippen LogP contribution in [0.15, 0.2) is 48.3 Å². The van der Waals surface area contributed by atoms with E-state index in [1.54, 1.807) is 22.9 Å². The van der Waals surface area contributed by atoms with Crippen molar-refractivity contribution in [1.82, 2.24) is 14.9 Å². The van der Waals surface area contributed by atoms with E-state index in [0.717, 1.165) is 44.3 Å². The Morgan fingerprint density at radius 1 is 1.23 bits per heavy atom. The third kappa shape index (κ3) is 3.71. The molecule has 1 aliphatic carbocycles. The number of phenolic OH excluding ortho intramolecular Hbond substituents is 1. The molecule has 0 radical (unpaired) electrons. The molecular weight excluding hydrogens is 412 g/mol. The molecule has 2 atom stereocenters. The minimum absolute atomic E-state index is 0.242. The van der Waals surface area contributed by atoms with Crippen LogP contribution in [0.4, 0.5) is 5.82 Å². The van der Waals surface area contributed by atoms with E-state index in [-0.39, 0.29) is 6.04 Å². The van der Waals surface area contributed by atoms with Crippen molar-refractivity contribution in [2.75, 3.05) is 10.8 Å². The van der Waals surface area contributed by atoms with Gasteiger partial charge in [-0.1, -0.05) is 29.3 Å². The molecule has 3 aliphatic rings. The second-order valence-electron chi connectivity index (χ2n) is 9.12. The van der Waals surface area contributed by atoms with Gasteiger partial charge in [-0.2, -0.15) is 0 Å². The summed E-state index contributed by atoms with van der Waals surface area (Å²) in [5.41, 5.74) is 1.84. The van der Waals surface area contributed by atoms with Crippen molar-refractivity contribution in [1.29, 1.82) is 0 Å². The summed E-state index contributed by atoms with van der Waals surface area (Å²) in [5, 5.41) is 11.8. The van der Waals surface area contributed by atoms with Crippen molar-refractivity contribution in [2.24, 2.45) is 0 Å². The summed E-state index contributed by atoms with van der Waals surface area (Å²) in [6.07, 6.45) is 11.8. The van der Waals surface area contributed by atoms with Crippen LogP contribution in [0, 0.1) is 0 Å². The zero-order valence-electron chi connectivity index (χ0n) is 17.8. The Balaban J connectivity index is 1.34. The molecule has 5 rings (SSSR count). The molecule has 8 heteroatoms. The normalized spacial score (nSPS) is 29.3. The maximum absolute atomic E-state index is 10.7. The van der Waals surface area contributed by atoms with Gasteiger partial charge in [0.25, 0.3) is 0 Å². The highest BCUT2D eigenvalue weighted by Gasteiger charge is 2.50. The average molecular weight is 443 g/mol. The molecule has 1 saturated carbocycles. The van der Waals surface area contributed by atoms with Crippen LogP contribution < -0.4 is 4.31 Å². The van der Waals surface area contributed by atoms with Gasteiger partial charge in [0, 0.05) is 36.9 Å². The molecule has 0 amide bonds. The van der Waals surface area contributed by atoms with Crippen molar-refractivity contribution in [3.8, 4) is 5.75 Å². The van der Waals surface area contributed by atoms with Crippen molar-refractivity contribution >= 4 is 16.6 Å². The largest absolute Gasteiger partial charge is 0.508 e. The third-order valence-corrected chi connectivity index (χ3v) is 8.71. The van der Waals surface area contributed by atoms with Gasteiger partial charge in [-0.3, -0.25) is 19.0 Å². The van der Waals surface area contributed by atoms with Crippen LogP contribution in [0.5, 0.6) is 5.75 Å². The molecule has 2 aromatic rings. The first-order chi connectivity index (χ1) is 14.9.